The molecule has 4 rings (SSSR count). The van der Waals surface area contributed by atoms with Crippen LogP contribution in [0.15, 0.2) is 87.0 Å². The molecular formula is C25H18Br2N4O5. The lowest BCUT2D eigenvalue weighted by molar-refractivity contribution is -0.384. The van der Waals surface area contributed by atoms with Crippen LogP contribution in [-0.2, 0) is 11.4 Å². The van der Waals surface area contributed by atoms with E-state index < -0.39 is 10.8 Å². The zero-order valence-electron chi connectivity index (χ0n) is 18.6. The summed E-state index contributed by atoms with van der Waals surface area (Å²) in [5, 5.41) is 15.9. The smallest absolute Gasteiger partial charge is 0.277 e. The predicted octanol–water partition coefficient (Wildman–Crippen LogP) is 5.78. The van der Waals surface area contributed by atoms with Crippen molar-refractivity contribution in [1.82, 2.24) is 10.4 Å². The van der Waals surface area contributed by atoms with Crippen LogP contribution in [0.5, 0.6) is 11.5 Å². The minimum Gasteiger partial charge on any atom is -0.487 e. The van der Waals surface area contributed by atoms with Gasteiger partial charge in [0.15, 0.2) is 6.61 Å². The lowest BCUT2D eigenvalue weighted by Gasteiger charge is -2.11. The number of hydrazone groups is 1. The summed E-state index contributed by atoms with van der Waals surface area (Å²) in [6.45, 7) is -0.0700. The van der Waals surface area contributed by atoms with E-state index in [1.807, 2.05) is 24.3 Å². The molecule has 0 atom stereocenters. The highest BCUT2D eigenvalue weighted by Crippen LogP contribution is 2.35. The molecule has 0 saturated carbocycles. The van der Waals surface area contributed by atoms with Crippen molar-refractivity contribution < 1.29 is 19.2 Å². The summed E-state index contributed by atoms with van der Waals surface area (Å²) in [4.78, 5) is 27.0. The van der Waals surface area contributed by atoms with Crippen molar-refractivity contribution in [3.05, 3.63) is 103 Å². The number of non-ortho nitro benzene ring substituents is 1. The van der Waals surface area contributed by atoms with Crippen LogP contribution >= 0.6 is 31.9 Å². The number of ether oxygens (including phenoxy) is 2. The average molecular weight is 614 g/mol. The Labute approximate surface area is 222 Å². The number of amides is 1. The highest BCUT2D eigenvalue weighted by molar-refractivity contribution is 9.11. The van der Waals surface area contributed by atoms with Gasteiger partial charge in [-0.3, -0.25) is 19.9 Å². The van der Waals surface area contributed by atoms with E-state index in [0.717, 1.165) is 5.39 Å². The second-order valence-corrected chi connectivity index (χ2v) is 9.15. The SMILES string of the molecule is O=C(COc1cccc2cccnc12)N/N=C/c1cc(Br)c(OCc2cccc([N+](=O)[O-])c2)c(Br)c1. The third-order valence-corrected chi connectivity index (χ3v) is 6.06. The van der Waals surface area contributed by atoms with Gasteiger partial charge in [-0.25, -0.2) is 5.43 Å². The van der Waals surface area contributed by atoms with Crippen molar-refractivity contribution >= 4 is 60.6 Å². The summed E-state index contributed by atoms with van der Waals surface area (Å²) in [6, 6.07) is 19.0. The van der Waals surface area contributed by atoms with Gasteiger partial charge >= 0.3 is 0 Å². The van der Waals surface area contributed by atoms with Gasteiger partial charge in [0.2, 0.25) is 0 Å². The number of hydrogen-bond acceptors (Lipinski definition) is 7. The minimum atomic E-state index is -0.449. The van der Waals surface area contributed by atoms with Crippen molar-refractivity contribution in [2.75, 3.05) is 6.61 Å². The van der Waals surface area contributed by atoms with Crippen molar-refractivity contribution in [3.8, 4) is 11.5 Å². The van der Waals surface area contributed by atoms with E-state index in [9.17, 15) is 14.9 Å². The Morgan fingerprint density at radius 2 is 1.81 bits per heavy atom. The van der Waals surface area contributed by atoms with Gasteiger partial charge in [0.25, 0.3) is 11.6 Å². The van der Waals surface area contributed by atoms with Gasteiger partial charge in [0, 0.05) is 23.7 Å². The van der Waals surface area contributed by atoms with Crippen LogP contribution in [0.4, 0.5) is 5.69 Å². The van der Waals surface area contributed by atoms with Crippen molar-refractivity contribution in [1.29, 1.82) is 0 Å². The number of carbonyl (C=O) groups excluding carboxylic acids is 1. The molecule has 0 radical (unpaired) electrons. The number of para-hydroxylation sites is 1. The first-order chi connectivity index (χ1) is 17.4. The Morgan fingerprint density at radius 1 is 1.06 bits per heavy atom. The fourth-order valence-electron chi connectivity index (χ4n) is 3.25. The predicted molar refractivity (Wildman–Crippen MR) is 142 cm³/mol. The Balaban J connectivity index is 1.33. The molecule has 0 aliphatic heterocycles. The van der Waals surface area contributed by atoms with Crippen LogP contribution in [-0.4, -0.2) is 28.6 Å². The van der Waals surface area contributed by atoms with Crippen molar-refractivity contribution in [2.24, 2.45) is 5.10 Å². The number of benzene rings is 3. The number of nitro groups is 1. The molecular weight excluding hydrogens is 596 g/mol. The summed E-state index contributed by atoms with van der Waals surface area (Å²) >= 11 is 6.92. The van der Waals surface area contributed by atoms with Crippen molar-refractivity contribution in [3.63, 3.8) is 0 Å². The van der Waals surface area contributed by atoms with E-state index in [1.54, 1.807) is 36.5 Å². The van der Waals surface area contributed by atoms with E-state index in [0.29, 0.717) is 37.1 Å². The van der Waals surface area contributed by atoms with E-state index in [4.69, 9.17) is 9.47 Å². The third kappa shape index (κ3) is 6.43. The number of fused-ring (bicyclic) bond motifs is 1. The van der Waals surface area contributed by atoms with E-state index in [2.05, 4.69) is 47.4 Å². The molecule has 1 aromatic heterocycles. The van der Waals surface area contributed by atoms with Crippen LogP contribution < -0.4 is 14.9 Å². The molecule has 9 nitrogen and oxygen atoms in total. The third-order valence-electron chi connectivity index (χ3n) is 4.88. The van der Waals surface area contributed by atoms with E-state index in [1.165, 1.54) is 18.3 Å². The molecule has 1 amide bonds. The molecule has 0 unspecified atom stereocenters. The number of nitrogens with zero attached hydrogens (tertiary/aromatic N) is 3. The highest BCUT2D eigenvalue weighted by atomic mass is 79.9. The van der Waals surface area contributed by atoms with Gasteiger partial charge in [0.1, 0.15) is 23.6 Å². The summed E-state index contributed by atoms with van der Waals surface area (Å²) in [7, 11) is 0. The number of rotatable bonds is 9. The van der Waals surface area contributed by atoms with Crippen LogP contribution in [0.1, 0.15) is 11.1 Å². The normalized spacial score (nSPS) is 10.9. The molecule has 11 heteroatoms. The molecule has 0 spiro atoms. The second kappa shape index (κ2) is 11.7. The Kier molecular flexibility index (Phi) is 8.24. The number of hydrogen-bond donors (Lipinski definition) is 1. The number of aromatic nitrogens is 1. The molecule has 0 bridgehead atoms. The number of halogens is 2. The van der Waals surface area contributed by atoms with Gasteiger partial charge in [0.05, 0.1) is 20.1 Å². The maximum absolute atomic E-state index is 12.2. The molecule has 1 N–H and O–H groups in total. The average Bonchev–Trinajstić information content (AvgIpc) is 2.87. The van der Waals surface area contributed by atoms with E-state index >= 15 is 0 Å². The Morgan fingerprint density at radius 3 is 2.58 bits per heavy atom. The van der Waals surface area contributed by atoms with Gasteiger partial charge < -0.3 is 9.47 Å². The van der Waals surface area contributed by atoms with Gasteiger partial charge in [-0.2, -0.15) is 5.10 Å². The number of carbonyl (C=O) groups is 1. The number of nitro benzene ring substituents is 1. The summed E-state index contributed by atoms with van der Waals surface area (Å²) in [6.07, 6.45) is 3.15. The molecule has 0 aliphatic carbocycles. The van der Waals surface area contributed by atoms with Gasteiger partial charge in [-0.1, -0.05) is 30.3 Å². The standard InChI is InChI=1S/C25H18Br2N4O5/c26-20-11-17(12-21(27)25(20)36-14-16-4-1-7-19(10-16)31(33)34)13-29-30-23(32)15-35-22-8-2-5-18-6-3-9-28-24(18)22/h1-13H,14-15H2,(H,30,32)/b29-13+. The summed E-state index contributed by atoms with van der Waals surface area (Å²) in [5.41, 5.74) is 4.47. The lowest BCUT2D eigenvalue weighted by atomic mass is 10.2. The van der Waals surface area contributed by atoms with Gasteiger partial charge in [-0.15, -0.1) is 0 Å². The molecule has 4 aromatic rings. The Bertz CT molecular complexity index is 1430. The molecule has 0 saturated heterocycles. The molecule has 0 fully saturated rings. The first kappa shape index (κ1) is 25.3. The largest absolute Gasteiger partial charge is 0.487 e. The molecule has 3 aromatic carbocycles. The zero-order chi connectivity index (χ0) is 25.5. The maximum atomic E-state index is 12.2. The van der Waals surface area contributed by atoms with Crippen LogP contribution in [0.2, 0.25) is 0 Å². The Hall–Kier alpha value is -3.83. The number of nitrogens with one attached hydrogen (secondary N) is 1. The lowest BCUT2D eigenvalue weighted by Crippen LogP contribution is -2.24. The monoisotopic (exact) mass is 612 g/mol. The first-order valence-electron chi connectivity index (χ1n) is 10.5. The first-order valence-corrected chi connectivity index (χ1v) is 12.1. The molecule has 36 heavy (non-hydrogen) atoms. The highest BCUT2D eigenvalue weighted by Gasteiger charge is 2.11. The fraction of sp³-hybridized carbons (Fsp3) is 0.0800. The maximum Gasteiger partial charge on any atom is 0.277 e. The quantitative estimate of drug-likeness (QED) is 0.145. The van der Waals surface area contributed by atoms with Crippen LogP contribution in [0.3, 0.4) is 0 Å². The van der Waals surface area contributed by atoms with Crippen molar-refractivity contribution in [2.45, 2.75) is 6.61 Å². The van der Waals surface area contributed by atoms with E-state index in [-0.39, 0.29) is 18.9 Å². The van der Waals surface area contributed by atoms with Crippen LogP contribution in [0.25, 0.3) is 10.9 Å². The van der Waals surface area contributed by atoms with Crippen LogP contribution in [0, 0.1) is 10.1 Å². The fourth-order valence-corrected chi connectivity index (χ4v) is 4.71. The minimum absolute atomic E-state index is 0.00187. The molecule has 0 aliphatic rings. The number of pyridine rings is 1. The molecule has 1 heterocycles. The molecule has 182 valence electrons. The topological polar surface area (TPSA) is 116 Å². The summed E-state index contributed by atoms with van der Waals surface area (Å²) < 4.78 is 12.7. The summed E-state index contributed by atoms with van der Waals surface area (Å²) in [5.74, 6) is 0.620. The second-order valence-electron chi connectivity index (χ2n) is 7.44. The zero-order valence-corrected chi connectivity index (χ0v) is 21.7. The van der Waals surface area contributed by atoms with Gasteiger partial charge in [-0.05, 0) is 67.3 Å².